The molecule has 0 fully saturated rings. The fourth-order valence-electron chi connectivity index (χ4n) is 1.92. The first-order valence-electron chi connectivity index (χ1n) is 6.84. The molecule has 3 heteroatoms. The number of hydrogen-bond acceptors (Lipinski definition) is 2. The minimum atomic E-state index is -0.267. The smallest absolute Gasteiger partial charge is 0.165 e. The van der Waals surface area contributed by atoms with E-state index in [0.717, 1.165) is 18.4 Å². The van der Waals surface area contributed by atoms with E-state index in [1.165, 1.54) is 25.3 Å². The first-order chi connectivity index (χ1) is 8.79. The largest absolute Gasteiger partial charge is 0.490 e. The minimum absolute atomic E-state index is 0.267. The lowest BCUT2D eigenvalue weighted by Crippen LogP contribution is -2.09. The van der Waals surface area contributed by atoms with Gasteiger partial charge in [-0.2, -0.15) is 0 Å². The van der Waals surface area contributed by atoms with Crippen molar-refractivity contribution in [1.82, 2.24) is 5.32 Å². The lowest BCUT2D eigenvalue weighted by molar-refractivity contribution is 0.286. The Morgan fingerprint density at radius 3 is 2.67 bits per heavy atom. The highest BCUT2D eigenvalue weighted by atomic mass is 19.1. The van der Waals surface area contributed by atoms with E-state index < -0.39 is 0 Å². The summed E-state index contributed by atoms with van der Waals surface area (Å²) >= 11 is 0. The fourth-order valence-corrected chi connectivity index (χ4v) is 1.92. The first-order valence-corrected chi connectivity index (χ1v) is 6.84. The van der Waals surface area contributed by atoms with Crippen LogP contribution < -0.4 is 10.1 Å². The third kappa shape index (κ3) is 5.05. The predicted octanol–water partition coefficient (Wildman–Crippen LogP) is 3.89. The van der Waals surface area contributed by atoms with Crippen LogP contribution in [0, 0.1) is 5.82 Å². The Morgan fingerprint density at radius 1 is 1.17 bits per heavy atom. The van der Waals surface area contributed by atoms with Gasteiger partial charge in [0, 0.05) is 12.1 Å². The van der Waals surface area contributed by atoms with Gasteiger partial charge in [0.25, 0.3) is 0 Å². The van der Waals surface area contributed by atoms with E-state index in [1.54, 1.807) is 6.07 Å². The van der Waals surface area contributed by atoms with Crippen LogP contribution in [0.15, 0.2) is 18.2 Å². The second-order valence-corrected chi connectivity index (χ2v) is 4.52. The molecule has 0 unspecified atom stereocenters. The molecule has 0 aliphatic rings. The van der Waals surface area contributed by atoms with Gasteiger partial charge in [0.1, 0.15) is 0 Å². The van der Waals surface area contributed by atoms with Crippen LogP contribution in [0.1, 0.15) is 44.6 Å². The molecule has 0 spiro atoms. The van der Waals surface area contributed by atoms with Crippen LogP contribution in [-0.4, -0.2) is 13.7 Å². The van der Waals surface area contributed by atoms with Crippen LogP contribution in [0.5, 0.6) is 5.75 Å². The number of ether oxygens (including phenoxy) is 1. The van der Waals surface area contributed by atoms with E-state index in [-0.39, 0.29) is 5.82 Å². The summed E-state index contributed by atoms with van der Waals surface area (Å²) in [5.41, 5.74) is 0.881. The topological polar surface area (TPSA) is 21.3 Å². The van der Waals surface area contributed by atoms with Crippen molar-refractivity contribution < 1.29 is 9.13 Å². The Labute approximate surface area is 110 Å². The molecule has 0 radical (unpaired) electrons. The Kier molecular flexibility index (Phi) is 7.42. The van der Waals surface area contributed by atoms with Crippen LogP contribution in [0.4, 0.5) is 4.39 Å². The Hall–Kier alpha value is -1.09. The summed E-state index contributed by atoms with van der Waals surface area (Å²) in [7, 11) is 1.85. The quantitative estimate of drug-likeness (QED) is 0.674. The summed E-state index contributed by atoms with van der Waals surface area (Å²) in [5, 5.41) is 3.02. The molecule has 0 aromatic heterocycles. The molecule has 1 aromatic carbocycles. The maximum atomic E-state index is 13.7. The number of halogens is 1. The van der Waals surface area contributed by atoms with Crippen molar-refractivity contribution in [3.8, 4) is 5.75 Å². The number of para-hydroxylation sites is 1. The average Bonchev–Trinajstić information content (AvgIpc) is 2.36. The van der Waals surface area contributed by atoms with E-state index in [9.17, 15) is 4.39 Å². The van der Waals surface area contributed by atoms with Crippen molar-refractivity contribution in [3.63, 3.8) is 0 Å². The molecular formula is C15H24FNO. The van der Waals surface area contributed by atoms with Crippen molar-refractivity contribution in [3.05, 3.63) is 29.6 Å². The van der Waals surface area contributed by atoms with Gasteiger partial charge < -0.3 is 10.1 Å². The highest BCUT2D eigenvalue weighted by molar-refractivity contribution is 5.34. The van der Waals surface area contributed by atoms with E-state index in [2.05, 4.69) is 12.2 Å². The van der Waals surface area contributed by atoms with Crippen LogP contribution in [0.3, 0.4) is 0 Å². The zero-order valence-electron chi connectivity index (χ0n) is 11.5. The molecule has 1 N–H and O–H groups in total. The van der Waals surface area contributed by atoms with E-state index >= 15 is 0 Å². The van der Waals surface area contributed by atoms with Gasteiger partial charge in [0.2, 0.25) is 0 Å². The lowest BCUT2D eigenvalue weighted by Gasteiger charge is -2.12. The van der Waals surface area contributed by atoms with Crippen LogP contribution in [0.25, 0.3) is 0 Å². The van der Waals surface area contributed by atoms with Crippen LogP contribution in [-0.2, 0) is 6.54 Å². The van der Waals surface area contributed by atoms with E-state index in [1.807, 2.05) is 13.1 Å². The van der Waals surface area contributed by atoms with Gasteiger partial charge in [-0.15, -0.1) is 0 Å². The third-order valence-corrected chi connectivity index (χ3v) is 2.91. The van der Waals surface area contributed by atoms with E-state index in [4.69, 9.17) is 4.74 Å². The second-order valence-electron chi connectivity index (χ2n) is 4.52. The molecule has 0 heterocycles. The highest BCUT2D eigenvalue weighted by Crippen LogP contribution is 2.22. The Bertz CT molecular complexity index is 341. The molecule has 0 amide bonds. The zero-order valence-corrected chi connectivity index (χ0v) is 11.5. The summed E-state index contributed by atoms with van der Waals surface area (Å²) in [6.45, 7) is 3.42. The van der Waals surface area contributed by atoms with Gasteiger partial charge in [0.15, 0.2) is 11.6 Å². The van der Waals surface area contributed by atoms with Gasteiger partial charge in [-0.05, 0) is 19.5 Å². The molecule has 0 bridgehead atoms. The van der Waals surface area contributed by atoms with Crippen molar-refractivity contribution in [2.75, 3.05) is 13.7 Å². The van der Waals surface area contributed by atoms with Crippen molar-refractivity contribution in [2.45, 2.75) is 45.6 Å². The van der Waals surface area contributed by atoms with Crippen molar-refractivity contribution in [2.24, 2.45) is 0 Å². The van der Waals surface area contributed by atoms with Gasteiger partial charge >= 0.3 is 0 Å². The first kappa shape index (κ1) is 15.0. The van der Waals surface area contributed by atoms with Crippen molar-refractivity contribution >= 4 is 0 Å². The summed E-state index contributed by atoms with van der Waals surface area (Å²) in [4.78, 5) is 0. The lowest BCUT2D eigenvalue weighted by atomic mass is 10.1. The molecule has 1 aromatic rings. The van der Waals surface area contributed by atoms with Gasteiger partial charge in [-0.3, -0.25) is 0 Å². The van der Waals surface area contributed by atoms with Crippen LogP contribution in [0.2, 0.25) is 0 Å². The van der Waals surface area contributed by atoms with Crippen LogP contribution >= 0.6 is 0 Å². The molecule has 0 saturated heterocycles. The van der Waals surface area contributed by atoms with Gasteiger partial charge in [-0.1, -0.05) is 44.7 Å². The normalized spacial score (nSPS) is 10.6. The molecular weight excluding hydrogens is 229 g/mol. The maximum absolute atomic E-state index is 13.7. The number of hydrogen-bond donors (Lipinski definition) is 1. The maximum Gasteiger partial charge on any atom is 0.165 e. The summed E-state index contributed by atoms with van der Waals surface area (Å²) in [6, 6.07) is 5.06. The van der Waals surface area contributed by atoms with E-state index in [0.29, 0.717) is 18.9 Å². The number of rotatable bonds is 9. The molecule has 1 rings (SSSR count). The fraction of sp³-hybridized carbons (Fsp3) is 0.600. The monoisotopic (exact) mass is 253 g/mol. The molecule has 102 valence electrons. The summed E-state index contributed by atoms with van der Waals surface area (Å²) < 4.78 is 19.2. The molecule has 0 atom stereocenters. The SMILES string of the molecule is CCCCCCCOc1c(F)cccc1CNC. The molecule has 2 nitrogen and oxygen atoms in total. The highest BCUT2D eigenvalue weighted by Gasteiger charge is 2.08. The number of nitrogens with one attached hydrogen (secondary N) is 1. The standard InChI is InChI=1S/C15H24FNO/c1-3-4-5-6-7-11-18-15-13(12-17-2)9-8-10-14(15)16/h8-10,17H,3-7,11-12H2,1-2H3. The number of benzene rings is 1. The average molecular weight is 253 g/mol. The Morgan fingerprint density at radius 2 is 1.94 bits per heavy atom. The molecule has 0 saturated carbocycles. The molecule has 18 heavy (non-hydrogen) atoms. The van der Waals surface area contributed by atoms with Gasteiger partial charge in [0.05, 0.1) is 6.61 Å². The summed E-state index contributed by atoms with van der Waals surface area (Å²) in [5.74, 6) is 0.138. The molecule has 0 aliphatic heterocycles. The second kappa shape index (κ2) is 8.92. The Balaban J connectivity index is 2.40. The zero-order chi connectivity index (χ0) is 13.2. The predicted molar refractivity (Wildman–Crippen MR) is 73.4 cm³/mol. The minimum Gasteiger partial charge on any atom is -0.490 e. The van der Waals surface area contributed by atoms with Crippen molar-refractivity contribution in [1.29, 1.82) is 0 Å². The summed E-state index contributed by atoms with van der Waals surface area (Å²) in [6.07, 6.45) is 5.89. The van der Waals surface area contributed by atoms with Gasteiger partial charge in [-0.25, -0.2) is 4.39 Å². The third-order valence-electron chi connectivity index (χ3n) is 2.91. The molecule has 0 aliphatic carbocycles. The number of unbranched alkanes of at least 4 members (excludes halogenated alkanes) is 4.